The lowest BCUT2D eigenvalue weighted by Crippen LogP contribution is -2.45. The minimum absolute atomic E-state index is 0. The van der Waals surface area contributed by atoms with Gasteiger partial charge in [0.2, 0.25) is 0 Å². The Morgan fingerprint density at radius 2 is 1.08 bits per heavy atom. The molecule has 8 atom stereocenters. The minimum Gasteiger partial charge on any atom is -0.497 e. The molecule has 132 heavy (non-hydrogen) atoms. The molecule has 9 radical (unpaired) electrons. The number of aryl methyl sites for hydroxylation is 3. The third kappa shape index (κ3) is 24.4. The molecule has 0 N–H and O–H groups in total. The molecule has 14 aromatic rings. The first-order valence-electron chi connectivity index (χ1n) is 44.9. The number of pyridine rings is 1. The summed E-state index contributed by atoms with van der Waals surface area (Å²) in [4.78, 5) is 24.4. The number of rotatable bonds is 40. The molecule has 685 valence electrons. The average molecular weight is 1860 g/mol. The molecule has 4 heterocycles. The lowest BCUT2D eigenvalue weighted by atomic mass is 9.80. The summed E-state index contributed by atoms with van der Waals surface area (Å²) in [6.07, 6.45) is 3.99. The molecule has 6 unspecified atom stereocenters. The largest absolute Gasteiger partial charge is 0.497 e. The molecule has 1 aliphatic rings. The van der Waals surface area contributed by atoms with E-state index in [0.717, 1.165) is 74.0 Å². The molecule has 28 heteroatoms. The zero-order valence-electron chi connectivity index (χ0n) is 79.1. The third-order valence-corrected chi connectivity index (χ3v) is 32.3. The Hall–Kier alpha value is -8.79. The minimum atomic E-state index is -1.59. The quantitative estimate of drug-likeness (QED) is 0.0114. The maximum Gasteiger partial charge on any atom is 0.271 e. The normalized spacial score (nSPS) is 15.5. The first-order valence-corrected chi connectivity index (χ1v) is 50.3. The van der Waals surface area contributed by atoms with Crippen LogP contribution in [0.25, 0.3) is 85.1 Å². The molecule has 15 rings (SSSR count). The summed E-state index contributed by atoms with van der Waals surface area (Å²) in [5.41, 5.74) is 6.68. The van der Waals surface area contributed by atoms with Crippen LogP contribution in [0.15, 0.2) is 205 Å². The SMILES string of the molecule is CC[C@H](COCc1ccc2ccc3cccc4ccc1c2c34)OP(OCCC#N)N(C(C)C)C(C)C.CC[C@H](CSCc1ccc2ccc3cccc4ccc1c2c34)OP(OCCC#N)N(C(C)C)C(C)C.COc1ccc(C(OCC(CCn2cnc3c(sc4nc(C)cc(C)c43)c2=O)OP2OCC(C#N)C(C)N2C(C)C)(c2ccccc2)c2ccc(OC)cc2)cc1.[B].[B].[B]. The van der Waals surface area contributed by atoms with Gasteiger partial charge in [-0.3, -0.25) is 9.36 Å². The van der Waals surface area contributed by atoms with Crippen LogP contribution in [0, 0.1) is 53.8 Å². The van der Waals surface area contributed by atoms with Crippen molar-refractivity contribution in [2.24, 2.45) is 5.92 Å². The second-order valence-electron chi connectivity index (χ2n) is 34.2. The van der Waals surface area contributed by atoms with Crippen LogP contribution < -0.4 is 15.0 Å². The highest BCUT2D eigenvalue weighted by molar-refractivity contribution is 7.98. The Bertz CT molecular complexity index is 5930. The number of benzene rings is 11. The molecule has 1 aliphatic heterocycles. The number of methoxy groups -OCH3 is 2. The Morgan fingerprint density at radius 1 is 0.591 bits per heavy atom. The number of fused-ring (bicyclic) bond motifs is 3. The van der Waals surface area contributed by atoms with E-state index >= 15 is 0 Å². The van der Waals surface area contributed by atoms with E-state index in [-0.39, 0.29) is 86.3 Å². The topological polar surface area (TPSA) is 221 Å². The van der Waals surface area contributed by atoms with Crippen LogP contribution in [0.3, 0.4) is 0 Å². The Kier molecular flexibility index (Phi) is 39.6. The van der Waals surface area contributed by atoms with Gasteiger partial charge in [-0.1, -0.05) is 178 Å². The molecule has 20 nitrogen and oxygen atoms in total. The second kappa shape index (κ2) is 49.6. The summed E-state index contributed by atoms with van der Waals surface area (Å²) in [7, 11) is -0.793. The number of aromatic nitrogens is 3. The number of hydrogen-bond donors (Lipinski definition) is 0. The average Bonchev–Trinajstić information content (AvgIpc) is 0.943. The van der Waals surface area contributed by atoms with Crippen molar-refractivity contribution in [3.05, 3.63) is 250 Å². The Balaban J connectivity index is 0.000000212. The van der Waals surface area contributed by atoms with Crippen LogP contribution in [0.2, 0.25) is 0 Å². The van der Waals surface area contributed by atoms with Gasteiger partial charge >= 0.3 is 0 Å². The first kappa shape index (κ1) is 105. The van der Waals surface area contributed by atoms with Crippen molar-refractivity contribution in [3.8, 4) is 29.7 Å². The molecule has 1 saturated heterocycles. The van der Waals surface area contributed by atoms with Crippen molar-refractivity contribution in [1.29, 1.82) is 15.8 Å². The van der Waals surface area contributed by atoms with Crippen LogP contribution in [-0.2, 0) is 61.1 Å². The smallest absolute Gasteiger partial charge is 0.271 e. The van der Waals surface area contributed by atoms with Gasteiger partial charge in [-0.2, -0.15) is 27.5 Å². The molecule has 0 amide bonds. The highest BCUT2D eigenvalue weighted by Crippen LogP contribution is 2.54. The summed E-state index contributed by atoms with van der Waals surface area (Å²) in [5, 5.41) is 44.5. The highest BCUT2D eigenvalue weighted by Gasteiger charge is 2.43. The predicted molar refractivity (Wildman–Crippen MR) is 549 cm³/mol. The second-order valence-corrected chi connectivity index (χ2v) is 40.4. The fourth-order valence-corrected chi connectivity index (χ4v) is 25.2. The third-order valence-electron chi connectivity index (χ3n) is 23.7. The van der Waals surface area contributed by atoms with Crippen molar-refractivity contribution in [1.82, 2.24) is 28.5 Å². The van der Waals surface area contributed by atoms with Crippen molar-refractivity contribution < 1.29 is 46.1 Å². The fraction of sp³-hybridized carbons (Fsp3) is 0.404. The summed E-state index contributed by atoms with van der Waals surface area (Å²) < 4.78 is 72.2. The number of thioether (sulfide) groups is 1. The van der Waals surface area contributed by atoms with Gasteiger partial charge in [0, 0.05) is 90.6 Å². The van der Waals surface area contributed by atoms with Gasteiger partial charge in [-0.05, 0) is 238 Å². The molecular formula is C104H122B3N9O11P3S2. The van der Waals surface area contributed by atoms with Crippen LogP contribution in [0.1, 0.15) is 161 Å². The lowest BCUT2D eigenvalue weighted by molar-refractivity contribution is -0.0407. The van der Waals surface area contributed by atoms with Crippen LogP contribution >= 0.6 is 48.7 Å². The van der Waals surface area contributed by atoms with E-state index in [1.165, 1.54) is 87.1 Å². The van der Waals surface area contributed by atoms with Crippen LogP contribution in [0.5, 0.6) is 11.5 Å². The van der Waals surface area contributed by atoms with Crippen LogP contribution in [0.4, 0.5) is 0 Å². The van der Waals surface area contributed by atoms with Gasteiger partial charge in [0.25, 0.3) is 31.1 Å². The molecule has 0 saturated carbocycles. The number of nitrogens with zero attached hydrogens (tertiary/aromatic N) is 9. The van der Waals surface area contributed by atoms with Gasteiger partial charge in [0.1, 0.15) is 26.6 Å². The predicted octanol–water partition coefficient (Wildman–Crippen LogP) is 24.8. The standard InChI is InChI=1S/C44H48N5O6PS.C30H37N2O3P.C30H37N2O2PS.3B/c1-28(2)49-31(5)32(24-45)25-54-56(49)55-38(21-22-48-27-46-40-39-29(3)23-30(4)47-42(39)57-41(40)43(48)50)26-53-44(33-11-9-8-10-12-33,34-13-17-36(51-6)18-14-34)35-15-19-37(52-7)20-16-35;1-6-27(35-36(34-18-8-17-31)32(21(2)3)22(4)5)20-33-19-26-14-13-25-12-11-23-9-7-10-24-15-16-28(26)30(25)29(23)24;1-6-27(34-35(33-18-8-17-31)32(21(2)3)22(4)5)20-36-19-26-14-13-25-12-11-23-9-7-10-24-15-16-28(26)30(25)29(23)24;;;/h8-20,23,27-28,31-32,38H,21-22,25-26H2,1-7H3;2*7,9-16,21-22,27H,6,8,18-20H2,1-5H3;;;/t;27-,36?;27-,35?;;;/m.11.../s1. The van der Waals surface area contributed by atoms with E-state index < -0.39 is 37.3 Å². The molecule has 3 aromatic heterocycles. The number of nitriles is 3. The van der Waals surface area contributed by atoms with Gasteiger partial charge in [0.15, 0.2) is 0 Å². The molecular weight excluding hydrogens is 1740 g/mol. The molecule has 0 spiro atoms. The van der Waals surface area contributed by atoms with Gasteiger partial charge in [-0.15, -0.1) is 11.3 Å². The van der Waals surface area contributed by atoms with Crippen molar-refractivity contribution >= 4 is 159 Å². The van der Waals surface area contributed by atoms with E-state index in [1.54, 1.807) is 25.1 Å². The molecule has 0 bridgehead atoms. The van der Waals surface area contributed by atoms with Gasteiger partial charge < -0.3 is 46.1 Å². The van der Waals surface area contributed by atoms with E-state index in [4.69, 9.17) is 66.6 Å². The molecule has 0 aliphatic carbocycles. The summed E-state index contributed by atoms with van der Waals surface area (Å²) >= 11 is 3.31. The number of hydrogen-bond acceptors (Lipinski definition) is 21. The summed E-state index contributed by atoms with van der Waals surface area (Å²) in [6, 6.07) is 75.7. The van der Waals surface area contributed by atoms with Crippen molar-refractivity contribution in [2.75, 3.05) is 53.0 Å². The van der Waals surface area contributed by atoms with Crippen molar-refractivity contribution in [3.63, 3.8) is 0 Å². The Labute approximate surface area is 797 Å². The lowest BCUT2D eigenvalue weighted by Gasteiger charge is -2.44. The first-order chi connectivity index (χ1) is 62.4. The van der Waals surface area contributed by atoms with Crippen molar-refractivity contribution in [2.45, 2.75) is 215 Å². The fourth-order valence-electron chi connectivity index (χ4n) is 17.3. The maximum absolute atomic E-state index is 14.1. The van der Waals surface area contributed by atoms with Crippen LogP contribution in [-0.4, -0.2) is 161 Å². The monoisotopic (exact) mass is 1860 g/mol. The molecule has 11 aromatic carbocycles. The van der Waals surface area contributed by atoms with Gasteiger partial charge in [0.05, 0.1) is 121 Å². The van der Waals surface area contributed by atoms with Gasteiger partial charge in [-0.25, -0.2) is 24.0 Å². The van der Waals surface area contributed by atoms with E-state index in [1.807, 2.05) is 98.4 Å². The zero-order chi connectivity index (χ0) is 91.6. The van der Waals surface area contributed by atoms with E-state index in [0.29, 0.717) is 74.5 Å². The Morgan fingerprint density at radius 3 is 1.57 bits per heavy atom. The van der Waals surface area contributed by atoms with E-state index in [2.05, 4.69) is 244 Å². The maximum atomic E-state index is 14.1. The summed E-state index contributed by atoms with van der Waals surface area (Å²) in [5.74, 6) is 3.01. The number of ether oxygens (including phenoxy) is 4. The summed E-state index contributed by atoms with van der Waals surface area (Å²) in [6.45, 7) is 34.3. The zero-order valence-corrected chi connectivity index (χ0v) is 83.4. The highest BCUT2D eigenvalue weighted by atomic mass is 32.2. The van der Waals surface area contributed by atoms with E-state index in [9.17, 15) is 10.1 Å². The number of thiophene rings is 1. The molecule has 1 fully saturated rings.